The number of Topliss-reactive ketones (excluding diaryl/α,β-unsaturated/α-hetero) is 1. The van der Waals surface area contributed by atoms with Crippen molar-refractivity contribution >= 4 is 17.4 Å². The second kappa shape index (κ2) is 7.36. The number of benzene rings is 2. The SMILES string of the molecule is O=C1CCN(C(C(=O)Nc2ccc(F)cc2)c2ccccc2)CC1. The van der Waals surface area contributed by atoms with E-state index in [1.165, 1.54) is 24.3 Å². The highest BCUT2D eigenvalue weighted by molar-refractivity contribution is 5.95. The molecular weight excluding hydrogens is 307 g/mol. The number of likely N-dealkylation sites (tertiary alicyclic amines) is 1. The minimum absolute atomic E-state index is 0.179. The summed E-state index contributed by atoms with van der Waals surface area (Å²) in [7, 11) is 0. The number of piperidine rings is 1. The van der Waals surface area contributed by atoms with Gasteiger partial charge in [-0.1, -0.05) is 30.3 Å². The van der Waals surface area contributed by atoms with E-state index < -0.39 is 6.04 Å². The van der Waals surface area contributed by atoms with Gasteiger partial charge in [0.05, 0.1) is 0 Å². The number of carbonyl (C=O) groups is 2. The summed E-state index contributed by atoms with van der Waals surface area (Å²) in [6.07, 6.45) is 0.931. The van der Waals surface area contributed by atoms with Gasteiger partial charge in [-0.05, 0) is 29.8 Å². The average molecular weight is 326 g/mol. The van der Waals surface area contributed by atoms with Crippen molar-refractivity contribution in [1.29, 1.82) is 0 Å². The van der Waals surface area contributed by atoms with Crippen molar-refractivity contribution in [1.82, 2.24) is 4.90 Å². The van der Waals surface area contributed by atoms with Crippen LogP contribution < -0.4 is 5.32 Å². The van der Waals surface area contributed by atoms with Crippen LogP contribution in [0.25, 0.3) is 0 Å². The van der Waals surface area contributed by atoms with Gasteiger partial charge < -0.3 is 5.32 Å². The molecule has 4 nitrogen and oxygen atoms in total. The van der Waals surface area contributed by atoms with Gasteiger partial charge in [0.25, 0.3) is 0 Å². The summed E-state index contributed by atoms with van der Waals surface area (Å²) in [5, 5.41) is 2.84. The van der Waals surface area contributed by atoms with Gasteiger partial charge in [-0.3, -0.25) is 14.5 Å². The van der Waals surface area contributed by atoms with E-state index in [0.29, 0.717) is 31.6 Å². The van der Waals surface area contributed by atoms with Gasteiger partial charge in [0, 0.05) is 31.6 Å². The molecule has 1 heterocycles. The molecule has 2 aromatic carbocycles. The summed E-state index contributed by atoms with van der Waals surface area (Å²) in [5.74, 6) is -0.290. The van der Waals surface area contributed by atoms with Gasteiger partial charge in [0.2, 0.25) is 5.91 Å². The van der Waals surface area contributed by atoms with Crippen molar-refractivity contribution in [3.8, 4) is 0 Å². The minimum atomic E-state index is -0.468. The number of anilines is 1. The van der Waals surface area contributed by atoms with Gasteiger partial charge in [-0.2, -0.15) is 0 Å². The average Bonchev–Trinajstić information content (AvgIpc) is 2.60. The van der Waals surface area contributed by atoms with E-state index in [4.69, 9.17) is 0 Å². The van der Waals surface area contributed by atoms with Crippen molar-refractivity contribution in [3.63, 3.8) is 0 Å². The Bertz CT molecular complexity index is 706. The molecule has 2 aromatic rings. The Kier molecular flexibility index (Phi) is 5.01. The quantitative estimate of drug-likeness (QED) is 0.939. The predicted molar refractivity (Wildman–Crippen MR) is 90.0 cm³/mol. The number of hydrogen-bond donors (Lipinski definition) is 1. The second-order valence-electron chi connectivity index (χ2n) is 5.88. The zero-order valence-electron chi connectivity index (χ0n) is 13.2. The van der Waals surface area contributed by atoms with Crippen LogP contribution in [-0.2, 0) is 9.59 Å². The Balaban J connectivity index is 1.82. The number of nitrogens with one attached hydrogen (secondary N) is 1. The summed E-state index contributed by atoms with van der Waals surface area (Å²) < 4.78 is 13.0. The van der Waals surface area contributed by atoms with Crippen molar-refractivity contribution < 1.29 is 14.0 Å². The monoisotopic (exact) mass is 326 g/mol. The summed E-state index contributed by atoms with van der Waals surface area (Å²) in [6.45, 7) is 1.13. The summed E-state index contributed by atoms with van der Waals surface area (Å²) in [4.78, 5) is 26.4. The Morgan fingerprint density at radius 3 is 2.25 bits per heavy atom. The topological polar surface area (TPSA) is 49.4 Å². The molecule has 0 saturated carbocycles. The van der Waals surface area contributed by atoms with Crippen LogP contribution in [0.15, 0.2) is 54.6 Å². The lowest BCUT2D eigenvalue weighted by Crippen LogP contribution is -2.42. The van der Waals surface area contributed by atoms with E-state index >= 15 is 0 Å². The lowest BCUT2D eigenvalue weighted by atomic mass is 10.0. The molecule has 1 aliphatic rings. The second-order valence-corrected chi connectivity index (χ2v) is 5.88. The zero-order chi connectivity index (χ0) is 16.9. The molecule has 5 heteroatoms. The van der Waals surface area contributed by atoms with E-state index in [1.807, 2.05) is 35.2 Å². The Hall–Kier alpha value is -2.53. The summed E-state index contributed by atoms with van der Waals surface area (Å²) >= 11 is 0. The molecule has 124 valence electrons. The van der Waals surface area contributed by atoms with Crippen molar-refractivity contribution in [3.05, 3.63) is 66.0 Å². The molecular formula is C19H19FN2O2. The number of hydrogen-bond acceptors (Lipinski definition) is 3. The van der Waals surface area contributed by atoms with Crippen LogP contribution in [0.3, 0.4) is 0 Å². The first kappa shape index (κ1) is 16.3. The van der Waals surface area contributed by atoms with Crippen molar-refractivity contribution in [2.75, 3.05) is 18.4 Å². The third-order valence-corrected chi connectivity index (χ3v) is 4.20. The largest absolute Gasteiger partial charge is 0.324 e. The summed E-state index contributed by atoms with van der Waals surface area (Å²) in [5.41, 5.74) is 1.43. The molecule has 1 amide bonds. The number of amides is 1. The van der Waals surface area contributed by atoms with Gasteiger partial charge in [0.1, 0.15) is 17.6 Å². The number of halogens is 1. The first-order chi connectivity index (χ1) is 11.6. The number of ketones is 1. The fraction of sp³-hybridized carbons (Fsp3) is 0.263. The van der Waals surface area contributed by atoms with Crippen LogP contribution in [0.5, 0.6) is 0 Å². The Morgan fingerprint density at radius 2 is 1.62 bits per heavy atom. The Morgan fingerprint density at radius 1 is 1.00 bits per heavy atom. The number of rotatable bonds is 4. The maximum absolute atomic E-state index is 13.0. The highest BCUT2D eigenvalue weighted by atomic mass is 19.1. The smallest absolute Gasteiger partial charge is 0.246 e. The molecule has 1 aliphatic heterocycles. The Labute approximate surface area is 140 Å². The van der Waals surface area contributed by atoms with E-state index in [2.05, 4.69) is 5.32 Å². The fourth-order valence-corrected chi connectivity index (χ4v) is 2.94. The maximum Gasteiger partial charge on any atom is 0.246 e. The van der Waals surface area contributed by atoms with Gasteiger partial charge in [-0.15, -0.1) is 0 Å². The van der Waals surface area contributed by atoms with Crippen LogP contribution >= 0.6 is 0 Å². The molecule has 0 aromatic heterocycles. The standard InChI is InChI=1S/C19H19FN2O2/c20-15-6-8-16(9-7-15)21-19(24)18(14-4-2-1-3-5-14)22-12-10-17(23)11-13-22/h1-9,18H,10-13H2,(H,21,24). The first-order valence-electron chi connectivity index (χ1n) is 8.00. The third-order valence-electron chi connectivity index (χ3n) is 4.20. The fourth-order valence-electron chi connectivity index (χ4n) is 2.94. The molecule has 0 radical (unpaired) electrons. The van der Waals surface area contributed by atoms with Gasteiger partial charge in [-0.25, -0.2) is 4.39 Å². The van der Waals surface area contributed by atoms with E-state index in [1.54, 1.807) is 0 Å². The molecule has 24 heavy (non-hydrogen) atoms. The number of nitrogens with zero attached hydrogens (tertiary/aromatic N) is 1. The molecule has 0 bridgehead atoms. The van der Waals surface area contributed by atoms with E-state index in [0.717, 1.165) is 5.56 Å². The van der Waals surface area contributed by atoms with Crippen LogP contribution in [0.4, 0.5) is 10.1 Å². The molecule has 1 atom stereocenters. The van der Waals surface area contributed by atoms with E-state index in [-0.39, 0.29) is 17.5 Å². The molecule has 1 N–H and O–H groups in total. The summed E-state index contributed by atoms with van der Waals surface area (Å²) in [6, 6.07) is 14.7. The highest BCUT2D eigenvalue weighted by Gasteiger charge is 2.30. The third kappa shape index (κ3) is 3.86. The molecule has 0 aliphatic carbocycles. The van der Waals surface area contributed by atoms with Gasteiger partial charge >= 0.3 is 0 Å². The highest BCUT2D eigenvalue weighted by Crippen LogP contribution is 2.25. The minimum Gasteiger partial charge on any atom is -0.324 e. The van der Waals surface area contributed by atoms with Crippen LogP contribution in [0.1, 0.15) is 24.4 Å². The van der Waals surface area contributed by atoms with Crippen LogP contribution in [0, 0.1) is 5.82 Å². The zero-order valence-corrected chi connectivity index (χ0v) is 13.2. The van der Waals surface area contributed by atoms with Crippen molar-refractivity contribution in [2.24, 2.45) is 0 Å². The number of carbonyl (C=O) groups excluding carboxylic acids is 2. The maximum atomic E-state index is 13.0. The van der Waals surface area contributed by atoms with Gasteiger partial charge in [0.15, 0.2) is 0 Å². The first-order valence-corrected chi connectivity index (χ1v) is 8.00. The molecule has 3 rings (SSSR count). The predicted octanol–water partition coefficient (Wildman–Crippen LogP) is 3.17. The van der Waals surface area contributed by atoms with Crippen LogP contribution in [-0.4, -0.2) is 29.7 Å². The van der Waals surface area contributed by atoms with Crippen molar-refractivity contribution in [2.45, 2.75) is 18.9 Å². The molecule has 0 spiro atoms. The lowest BCUT2D eigenvalue weighted by molar-refractivity contribution is -0.127. The normalized spacial score (nSPS) is 16.6. The van der Waals surface area contributed by atoms with E-state index in [9.17, 15) is 14.0 Å². The lowest BCUT2D eigenvalue weighted by Gasteiger charge is -2.33. The molecule has 1 saturated heterocycles. The molecule has 1 unspecified atom stereocenters. The van der Waals surface area contributed by atoms with Crippen LogP contribution in [0.2, 0.25) is 0 Å². The molecule has 1 fully saturated rings.